The maximum Gasteiger partial charge on any atom is 0.325 e. The van der Waals surface area contributed by atoms with Crippen LogP contribution in [-0.4, -0.2) is 37.4 Å². The van der Waals surface area contributed by atoms with Crippen LogP contribution in [0.25, 0.3) is 0 Å². The van der Waals surface area contributed by atoms with Crippen molar-refractivity contribution in [1.29, 1.82) is 0 Å². The SMILES string of the molecule is C#CC(O)C#CCC(CC#Cc1ccoc1)(C(=O)OC)C(=O)OC. The van der Waals surface area contributed by atoms with Gasteiger partial charge in [0.1, 0.15) is 6.26 Å². The lowest BCUT2D eigenvalue weighted by atomic mass is 9.81. The molecular formula is C18H16O6. The maximum absolute atomic E-state index is 12.2. The second kappa shape index (κ2) is 9.10. The highest BCUT2D eigenvalue weighted by Crippen LogP contribution is 2.29. The van der Waals surface area contributed by atoms with E-state index in [-0.39, 0.29) is 12.8 Å². The Morgan fingerprint density at radius 1 is 1.29 bits per heavy atom. The monoisotopic (exact) mass is 328 g/mol. The summed E-state index contributed by atoms with van der Waals surface area (Å²) in [4.78, 5) is 24.4. The molecular weight excluding hydrogens is 312 g/mol. The van der Waals surface area contributed by atoms with Gasteiger partial charge in [-0.1, -0.05) is 29.6 Å². The number of terminal acetylenes is 1. The Balaban J connectivity index is 3.15. The zero-order valence-corrected chi connectivity index (χ0v) is 13.3. The van der Waals surface area contributed by atoms with Crippen LogP contribution in [0.3, 0.4) is 0 Å². The normalized spacial score (nSPS) is 10.9. The molecule has 0 bridgehead atoms. The van der Waals surface area contributed by atoms with Crippen molar-refractivity contribution in [3.8, 4) is 36.0 Å². The number of carbonyl (C=O) groups excluding carboxylic acids is 2. The molecule has 6 nitrogen and oxygen atoms in total. The fourth-order valence-corrected chi connectivity index (χ4v) is 1.80. The van der Waals surface area contributed by atoms with Gasteiger partial charge >= 0.3 is 11.9 Å². The van der Waals surface area contributed by atoms with Gasteiger partial charge in [0.15, 0.2) is 11.5 Å². The summed E-state index contributed by atoms with van der Waals surface area (Å²) in [7, 11) is 2.29. The van der Waals surface area contributed by atoms with E-state index < -0.39 is 23.5 Å². The number of aliphatic hydroxyl groups excluding tert-OH is 1. The fourth-order valence-electron chi connectivity index (χ4n) is 1.80. The van der Waals surface area contributed by atoms with Gasteiger partial charge in [-0.25, -0.2) is 0 Å². The Hall–Kier alpha value is -3.14. The number of hydrogen-bond acceptors (Lipinski definition) is 6. The number of furan rings is 1. The highest BCUT2D eigenvalue weighted by Gasteiger charge is 2.47. The van der Waals surface area contributed by atoms with Gasteiger partial charge in [-0.05, 0) is 6.07 Å². The van der Waals surface area contributed by atoms with Gasteiger partial charge in [-0.2, -0.15) is 0 Å². The third-order valence-electron chi connectivity index (χ3n) is 3.08. The lowest BCUT2D eigenvalue weighted by molar-refractivity contribution is -0.168. The van der Waals surface area contributed by atoms with Crippen molar-refractivity contribution in [2.24, 2.45) is 5.41 Å². The molecule has 124 valence electrons. The molecule has 1 atom stereocenters. The van der Waals surface area contributed by atoms with Crippen molar-refractivity contribution in [2.45, 2.75) is 18.9 Å². The van der Waals surface area contributed by atoms with Crippen LogP contribution in [0.4, 0.5) is 0 Å². The molecule has 1 rings (SSSR count). The molecule has 1 aromatic rings. The van der Waals surface area contributed by atoms with Crippen LogP contribution >= 0.6 is 0 Å². The minimum Gasteiger partial charge on any atom is -0.471 e. The quantitative estimate of drug-likeness (QED) is 0.498. The number of methoxy groups -OCH3 is 2. The molecule has 1 unspecified atom stereocenters. The first kappa shape index (κ1) is 18.9. The van der Waals surface area contributed by atoms with E-state index in [1.165, 1.54) is 12.5 Å². The van der Waals surface area contributed by atoms with Crippen molar-refractivity contribution in [3.05, 3.63) is 24.2 Å². The molecule has 1 N–H and O–H groups in total. The zero-order chi connectivity index (χ0) is 18.0. The number of ether oxygens (including phenoxy) is 2. The highest BCUT2D eigenvalue weighted by atomic mass is 16.5. The molecule has 0 aliphatic heterocycles. The molecule has 0 spiro atoms. The van der Waals surface area contributed by atoms with Crippen LogP contribution < -0.4 is 0 Å². The average Bonchev–Trinajstić information content (AvgIpc) is 3.12. The standard InChI is InChI=1S/C18H16O6/c1-4-15(19)8-6-11-18(16(20)22-2,17(21)23-3)10-5-7-14-9-12-24-13-14/h1,9,12-13,15,19H,10-11H2,2-3H3. The summed E-state index contributed by atoms with van der Waals surface area (Å²) in [6, 6.07) is 1.63. The second-order valence-electron chi connectivity index (χ2n) is 4.62. The van der Waals surface area contributed by atoms with Crippen molar-refractivity contribution in [3.63, 3.8) is 0 Å². The third-order valence-corrected chi connectivity index (χ3v) is 3.08. The number of carbonyl (C=O) groups is 2. The van der Waals surface area contributed by atoms with Crippen molar-refractivity contribution < 1.29 is 28.6 Å². The lowest BCUT2D eigenvalue weighted by Crippen LogP contribution is -2.41. The molecule has 0 aromatic carbocycles. The smallest absolute Gasteiger partial charge is 0.325 e. The summed E-state index contributed by atoms with van der Waals surface area (Å²) < 4.78 is 14.3. The van der Waals surface area contributed by atoms with Crippen molar-refractivity contribution >= 4 is 11.9 Å². The molecule has 0 amide bonds. The van der Waals surface area contributed by atoms with Crippen molar-refractivity contribution in [2.75, 3.05) is 14.2 Å². The molecule has 1 heterocycles. The Bertz CT molecular complexity index is 714. The molecule has 0 fully saturated rings. The lowest BCUT2D eigenvalue weighted by Gasteiger charge is -2.23. The number of aliphatic hydroxyl groups is 1. The summed E-state index contributed by atoms with van der Waals surface area (Å²) in [5, 5.41) is 9.27. The topological polar surface area (TPSA) is 86.0 Å². The molecule has 0 saturated heterocycles. The molecule has 0 aliphatic carbocycles. The van der Waals surface area contributed by atoms with E-state index in [1.54, 1.807) is 6.07 Å². The predicted octanol–water partition coefficient (Wildman–Crippen LogP) is 0.741. The molecule has 6 heteroatoms. The highest BCUT2D eigenvalue weighted by molar-refractivity contribution is 6.00. The van der Waals surface area contributed by atoms with E-state index in [0.717, 1.165) is 14.2 Å². The fraction of sp³-hybridized carbons (Fsp3) is 0.333. The summed E-state index contributed by atoms with van der Waals surface area (Å²) >= 11 is 0. The second-order valence-corrected chi connectivity index (χ2v) is 4.62. The Morgan fingerprint density at radius 3 is 2.42 bits per heavy atom. The number of rotatable bonds is 4. The van der Waals surface area contributed by atoms with Gasteiger partial charge in [0.25, 0.3) is 0 Å². The van der Waals surface area contributed by atoms with Crippen LogP contribution in [0.1, 0.15) is 18.4 Å². The molecule has 24 heavy (non-hydrogen) atoms. The van der Waals surface area contributed by atoms with E-state index in [9.17, 15) is 14.7 Å². The van der Waals surface area contributed by atoms with E-state index in [1.807, 2.05) is 5.92 Å². The predicted molar refractivity (Wildman–Crippen MR) is 83.9 cm³/mol. The Labute approximate surface area is 140 Å². The van der Waals surface area contributed by atoms with Gasteiger partial charge in [-0.15, -0.1) is 6.42 Å². The first-order valence-corrected chi connectivity index (χ1v) is 6.80. The van der Waals surface area contributed by atoms with Gasteiger partial charge < -0.3 is 19.0 Å². The van der Waals surface area contributed by atoms with Crippen LogP contribution in [-0.2, 0) is 19.1 Å². The maximum atomic E-state index is 12.2. The van der Waals surface area contributed by atoms with Crippen LogP contribution in [0, 0.1) is 41.4 Å². The van der Waals surface area contributed by atoms with E-state index in [2.05, 4.69) is 23.7 Å². The van der Waals surface area contributed by atoms with Crippen LogP contribution in [0.15, 0.2) is 23.0 Å². The first-order valence-electron chi connectivity index (χ1n) is 6.80. The molecule has 0 saturated carbocycles. The molecule has 0 aliphatic rings. The van der Waals surface area contributed by atoms with Gasteiger partial charge in [0, 0.05) is 12.8 Å². The van der Waals surface area contributed by atoms with Crippen LogP contribution in [0.2, 0.25) is 0 Å². The zero-order valence-electron chi connectivity index (χ0n) is 13.3. The average molecular weight is 328 g/mol. The summed E-state index contributed by atoms with van der Waals surface area (Å²) in [6.45, 7) is 0. The Morgan fingerprint density at radius 2 is 1.92 bits per heavy atom. The summed E-state index contributed by atoms with van der Waals surface area (Å²) in [6.07, 6.45) is 6.15. The van der Waals surface area contributed by atoms with E-state index >= 15 is 0 Å². The van der Waals surface area contributed by atoms with Crippen LogP contribution in [0.5, 0.6) is 0 Å². The molecule has 1 aromatic heterocycles. The molecule has 0 radical (unpaired) electrons. The van der Waals surface area contributed by atoms with Gasteiger partial charge in [0.05, 0.1) is 26.0 Å². The van der Waals surface area contributed by atoms with E-state index in [4.69, 9.17) is 20.3 Å². The van der Waals surface area contributed by atoms with Gasteiger partial charge in [0.2, 0.25) is 0 Å². The van der Waals surface area contributed by atoms with Crippen molar-refractivity contribution in [1.82, 2.24) is 0 Å². The summed E-state index contributed by atoms with van der Waals surface area (Å²) in [5.74, 6) is 10.7. The summed E-state index contributed by atoms with van der Waals surface area (Å²) in [5.41, 5.74) is -1.14. The van der Waals surface area contributed by atoms with Gasteiger partial charge in [-0.3, -0.25) is 9.59 Å². The largest absolute Gasteiger partial charge is 0.471 e. The minimum atomic E-state index is -1.73. The first-order chi connectivity index (χ1) is 11.5. The van der Waals surface area contributed by atoms with E-state index in [0.29, 0.717) is 5.56 Å². The Kier molecular flexibility index (Phi) is 7.17. The number of esters is 2. The minimum absolute atomic E-state index is 0.182. The number of hydrogen-bond donors (Lipinski definition) is 1. The third kappa shape index (κ3) is 4.68.